The van der Waals surface area contributed by atoms with E-state index in [0.717, 1.165) is 21.9 Å². The zero-order valence-electron chi connectivity index (χ0n) is 16.9. The van der Waals surface area contributed by atoms with E-state index in [0.29, 0.717) is 11.3 Å². The van der Waals surface area contributed by atoms with Gasteiger partial charge in [-0.2, -0.15) is 0 Å². The molecule has 7 nitrogen and oxygen atoms in total. The Bertz CT molecular complexity index is 1110. The first-order chi connectivity index (χ1) is 15.0. The lowest BCUT2D eigenvalue weighted by Crippen LogP contribution is -2.28. The number of ether oxygens (including phenoxy) is 2. The number of carbonyl (C=O) groups is 3. The number of rotatable bonds is 7. The molecule has 31 heavy (non-hydrogen) atoms. The fourth-order valence-corrected chi connectivity index (χ4v) is 4.10. The Morgan fingerprint density at radius 3 is 2.48 bits per heavy atom. The molecular weight excluding hydrogens is 416 g/mol. The second kappa shape index (κ2) is 9.09. The Kier molecular flexibility index (Phi) is 6.08. The highest BCUT2D eigenvalue weighted by Crippen LogP contribution is 2.32. The molecule has 1 aliphatic rings. The fraction of sp³-hybridized carbons (Fsp3) is 0.217. The van der Waals surface area contributed by atoms with E-state index in [1.807, 2.05) is 29.6 Å². The standard InChI is InChI=1S/C23H20N2O5S/c1-29-19-5-3-2-4-18(19)22-24-17(14-31-22)13-30-23(28)16-8-6-15(7-9-16)12-25-20(26)10-11-21(25)27/h2-9,14H,10-13H2,1H3. The van der Waals surface area contributed by atoms with Gasteiger partial charge in [0.05, 0.1) is 30.5 Å². The van der Waals surface area contributed by atoms with Gasteiger partial charge in [0.15, 0.2) is 0 Å². The summed E-state index contributed by atoms with van der Waals surface area (Å²) in [5.74, 6) is -0.0574. The maximum absolute atomic E-state index is 12.4. The second-order valence-corrected chi connectivity index (χ2v) is 7.85. The van der Waals surface area contributed by atoms with Gasteiger partial charge in [0.1, 0.15) is 17.4 Å². The van der Waals surface area contributed by atoms with Crippen LogP contribution in [0.1, 0.15) is 34.5 Å². The van der Waals surface area contributed by atoms with Gasteiger partial charge in [-0.05, 0) is 29.8 Å². The summed E-state index contributed by atoms with van der Waals surface area (Å²) >= 11 is 1.45. The van der Waals surface area contributed by atoms with Crippen molar-refractivity contribution in [3.05, 3.63) is 70.7 Å². The van der Waals surface area contributed by atoms with Gasteiger partial charge in [0.2, 0.25) is 11.8 Å². The maximum Gasteiger partial charge on any atom is 0.338 e. The normalized spacial score (nSPS) is 13.5. The maximum atomic E-state index is 12.4. The average Bonchev–Trinajstić information content (AvgIpc) is 3.40. The molecule has 0 saturated carbocycles. The molecule has 0 N–H and O–H groups in total. The van der Waals surface area contributed by atoms with Gasteiger partial charge < -0.3 is 9.47 Å². The summed E-state index contributed by atoms with van der Waals surface area (Å²) in [7, 11) is 1.61. The summed E-state index contributed by atoms with van der Waals surface area (Å²) in [5.41, 5.74) is 2.71. The molecule has 1 fully saturated rings. The predicted octanol–water partition coefficient (Wildman–Crippen LogP) is 3.82. The number of hydrogen-bond donors (Lipinski definition) is 0. The number of amides is 2. The molecule has 2 amide bonds. The van der Waals surface area contributed by atoms with Crippen LogP contribution in [-0.2, 0) is 27.5 Å². The van der Waals surface area contributed by atoms with Crippen molar-refractivity contribution in [1.29, 1.82) is 0 Å². The Morgan fingerprint density at radius 1 is 1.06 bits per heavy atom. The summed E-state index contributed by atoms with van der Waals surface area (Å²) < 4.78 is 10.8. The third-order valence-corrected chi connectivity index (χ3v) is 5.85. The molecule has 158 valence electrons. The van der Waals surface area contributed by atoms with Crippen LogP contribution >= 0.6 is 11.3 Å². The minimum atomic E-state index is -0.466. The Hall–Kier alpha value is -3.52. The molecule has 2 aromatic carbocycles. The van der Waals surface area contributed by atoms with Gasteiger partial charge in [-0.1, -0.05) is 24.3 Å². The molecule has 1 aromatic heterocycles. The van der Waals surface area contributed by atoms with E-state index in [9.17, 15) is 14.4 Å². The summed E-state index contributed by atoms with van der Waals surface area (Å²) in [6.07, 6.45) is 0.525. The smallest absolute Gasteiger partial charge is 0.338 e. The van der Waals surface area contributed by atoms with E-state index in [4.69, 9.17) is 9.47 Å². The number of aromatic nitrogens is 1. The number of likely N-dealkylation sites (tertiary alicyclic amines) is 1. The van der Waals surface area contributed by atoms with Crippen molar-refractivity contribution >= 4 is 29.1 Å². The first-order valence-electron chi connectivity index (χ1n) is 9.72. The number of methoxy groups -OCH3 is 1. The van der Waals surface area contributed by atoms with Crippen molar-refractivity contribution in [2.24, 2.45) is 0 Å². The van der Waals surface area contributed by atoms with Crippen LogP contribution in [0.4, 0.5) is 0 Å². The monoisotopic (exact) mass is 436 g/mol. The lowest BCUT2D eigenvalue weighted by atomic mass is 10.1. The third kappa shape index (κ3) is 4.64. The van der Waals surface area contributed by atoms with E-state index in [1.54, 1.807) is 31.4 Å². The Labute approximate surface area is 183 Å². The molecule has 1 saturated heterocycles. The molecule has 8 heteroatoms. The van der Waals surface area contributed by atoms with Crippen LogP contribution in [0.15, 0.2) is 53.9 Å². The van der Waals surface area contributed by atoms with Crippen LogP contribution in [0, 0.1) is 0 Å². The van der Waals surface area contributed by atoms with Gasteiger partial charge in [-0.3, -0.25) is 14.5 Å². The number of nitrogens with zero attached hydrogens (tertiary/aromatic N) is 2. The summed E-state index contributed by atoms with van der Waals surface area (Å²) in [6.45, 7) is 0.278. The van der Waals surface area contributed by atoms with E-state index < -0.39 is 5.97 Å². The van der Waals surface area contributed by atoms with Gasteiger partial charge in [0, 0.05) is 18.2 Å². The van der Waals surface area contributed by atoms with Crippen molar-refractivity contribution < 1.29 is 23.9 Å². The minimum Gasteiger partial charge on any atom is -0.496 e. The van der Waals surface area contributed by atoms with Crippen LogP contribution in [0.2, 0.25) is 0 Å². The Morgan fingerprint density at radius 2 is 1.77 bits per heavy atom. The number of imide groups is 1. The zero-order chi connectivity index (χ0) is 21.8. The predicted molar refractivity (Wildman–Crippen MR) is 114 cm³/mol. The molecule has 1 aliphatic heterocycles. The molecule has 0 radical (unpaired) electrons. The minimum absolute atomic E-state index is 0.0585. The molecule has 0 atom stereocenters. The highest BCUT2D eigenvalue weighted by atomic mass is 32.1. The summed E-state index contributed by atoms with van der Waals surface area (Å²) in [4.78, 5) is 41.6. The van der Waals surface area contributed by atoms with Gasteiger partial charge in [-0.25, -0.2) is 9.78 Å². The van der Waals surface area contributed by atoms with E-state index in [1.165, 1.54) is 16.2 Å². The molecule has 3 aromatic rings. The van der Waals surface area contributed by atoms with Crippen molar-refractivity contribution in [3.8, 4) is 16.3 Å². The number of benzene rings is 2. The lowest BCUT2D eigenvalue weighted by molar-refractivity contribution is -0.139. The topological polar surface area (TPSA) is 85.8 Å². The Balaban J connectivity index is 1.35. The number of carbonyl (C=O) groups excluding carboxylic acids is 3. The SMILES string of the molecule is COc1ccccc1-c1nc(COC(=O)c2ccc(CN3C(=O)CCC3=O)cc2)cs1. The second-order valence-electron chi connectivity index (χ2n) is 6.99. The first kappa shape index (κ1) is 20.7. The highest BCUT2D eigenvalue weighted by molar-refractivity contribution is 7.13. The lowest BCUT2D eigenvalue weighted by Gasteiger charge is -2.13. The third-order valence-electron chi connectivity index (χ3n) is 4.93. The summed E-state index contributed by atoms with van der Waals surface area (Å²) in [5, 5.41) is 2.64. The number of hydrogen-bond acceptors (Lipinski definition) is 7. The van der Waals surface area contributed by atoms with E-state index in [2.05, 4.69) is 4.98 Å². The van der Waals surface area contributed by atoms with Crippen molar-refractivity contribution in [2.45, 2.75) is 26.0 Å². The van der Waals surface area contributed by atoms with Gasteiger partial charge in [0.25, 0.3) is 0 Å². The molecule has 0 aliphatic carbocycles. The number of para-hydroxylation sites is 1. The number of thiazole rings is 1. The van der Waals surface area contributed by atoms with Crippen LogP contribution < -0.4 is 4.74 Å². The van der Waals surface area contributed by atoms with Crippen LogP contribution in [0.3, 0.4) is 0 Å². The molecule has 0 bridgehead atoms. The average molecular weight is 436 g/mol. The largest absolute Gasteiger partial charge is 0.496 e. The van der Waals surface area contributed by atoms with Crippen LogP contribution in [0.5, 0.6) is 5.75 Å². The molecule has 0 spiro atoms. The van der Waals surface area contributed by atoms with Gasteiger partial charge in [-0.15, -0.1) is 11.3 Å². The van der Waals surface area contributed by atoms with Gasteiger partial charge >= 0.3 is 5.97 Å². The number of esters is 1. The van der Waals surface area contributed by atoms with Crippen molar-refractivity contribution in [2.75, 3.05) is 7.11 Å². The van der Waals surface area contributed by atoms with Crippen molar-refractivity contribution in [3.63, 3.8) is 0 Å². The fourth-order valence-electron chi connectivity index (χ4n) is 3.27. The van der Waals surface area contributed by atoms with Crippen LogP contribution in [-0.4, -0.2) is 34.8 Å². The van der Waals surface area contributed by atoms with Crippen molar-refractivity contribution in [1.82, 2.24) is 9.88 Å². The van der Waals surface area contributed by atoms with Crippen LogP contribution in [0.25, 0.3) is 10.6 Å². The quantitative estimate of drug-likeness (QED) is 0.413. The first-order valence-corrected chi connectivity index (χ1v) is 10.6. The zero-order valence-corrected chi connectivity index (χ0v) is 17.7. The molecule has 4 rings (SSSR count). The molecule has 2 heterocycles. The molecule has 0 unspecified atom stereocenters. The van der Waals surface area contributed by atoms with E-state index >= 15 is 0 Å². The highest BCUT2D eigenvalue weighted by Gasteiger charge is 2.28. The van der Waals surface area contributed by atoms with E-state index in [-0.39, 0.29) is 37.8 Å². The molecular formula is C23H20N2O5S. The summed E-state index contributed by atoms with van der Waals surface area (Å²) in [6, 6.07) is 14.3.